The Hall–Kier alpha value is -0.520. The van der Waals surface area contributed by atoms with Gasteiger partial charge in [0.1, 0.15) is 0 Å². The molecule has 0 aromatic carbocycles. The summed E-state index contributed by atoms with van der Waals surface area (Å²) in [5.41, 5.74) is 12.2. The van der Waals surface area contributed by atoms with Crippen molar-refractivity contribution in [3.05, 3.63) is 16.9 Å². The molecule has 1 nitrogen and oxygen atoms in total. The first kappa shape index (κ1) is 12.0. The van der Waals surface area contributed by atoms with Gasteiger partial charge in [0, 0.05) is 6.54 Å². The van der Waals surface area contributed by atoms with Crippen molar-refractivity contribution in [3.8, 4) is 0 Å². The predicted octanol–water partition coefficient (Wildman–Crippen LogP) is 3.80. The van der Waals surface area contributed by atoms with Gasteiger partial charge in [0.2, 0.25) is 0 Å². The van der Waals surface area contributed by atoms with Crippen LogP contribution in [0, 0.1) is 11.8 Å². The highest BCUT2D eigenvalue weighted by atomic mass is 14.5. The molecular formula is C15H25N. The van der Waals surface area contributed by atoms with Crippen LogP contribution >= 0.6 is 0 Å². The number of nitrogens with two attached hydrogens (primary N) is 1. The SMILES string of the molecule is CCC(=C=C1CCCCC2CCC2C1)CN. The van der Waals surface area contributed by atoms with Gasteiger partial charge in [-0.3, -0.25) is 0 Å². The molecule has 0 aromatic rings. The second-order valence-corrected chi connectivity index (χ2v) is 5.44. The molecule has 0 spiro atoms. The maximum Gasteiger partial charge on any atom is 0.0213 e. The van der Waals surface area contributed by atoms with E-state index in [4.69, 9.17) is 5.73 Å². The molecule has 0 saturated heterocycles. The summed E-state index contributed by atoms with van der Waals surface area (Å²) < 4.78 is 0. The molecule has 0 bridgehead atoms. The van der Waals surface area contributed by atoms with E-state index in [9.17, 15) is 0 Å². The zero-order chi connectivity index (χ0) is 11.4. The average Bonchev–Trinajstić information content (AvgIpc) is 2.28. The number of hydrogen-bond donors (Lipinski definition) is 1. The van der Waals surface area contributed by atoms with E-state index in [-0.39, 0.29) is 0 Å². The molecule has 0 amide bonds. The second kappa shape index (κ2) is 5.70. The van der Waals surface area contributed by atoms with Crippen molar-refractivity contribution in [1.82, 2.24) is 0 Å². The van der Waals surface area contributed by atoms with E-state index in [1.54, 1.807) is 5.57 Å². The van der Waals surface area contributed by atoms with Crippen LogP contribution in [0.15, 0.2) is 16.9 Å². The van der Waals surface area contributed by atoms with Crippen molar-refractivity contribution < 1.29 is 0 Å². The predicted molar refractivity (Wildman–Crippen MR) is 69.2 cm³/mol. The third-order valence-electron chi connectivity index (χ3n) is 4.41. The Bertz CT molecular complexity index is 291. The van der Waals surface area contributed by atoms with Crippen LogP contribution in [-0.2, 0) is 0 Å². The van der Waals surface area contributed by atoms with E-state index >= 15 is 0 Å². The molecule has 2 atom stereocenters. The van der Waals surface area contributed by atoms with Crippen molar-refractivity contribution in [3.63, 3.8) is 0 Å². The lowest BCUT2D eigenvalue weighted by Gasteiger charge is -2.38. The Morgan fingerprint density at radius 3 is 2.69 bits per heavy atom. The fourth-order valence-electron chi connectivity index (χ4n) is 3.10. The second-order valence-electron chi connectivity index (χ2n) is 5.44. The minimum atomic E-state index is 0.689. The molecular weight excluding hydrogens is 194 g/mol. The Morgan fingerprint density at radius 2 is 2.06 bits per heavy atom. The molecule has 2 aliphatic carbocycles. The van der Waals surface area contributed by atoms with Gasteiger partial charge in [-0.15, -0.1) is 5.73 Å². The standard InChI is InChI=1S/C15H25N/c1-2-12(11-16)9-13-5-3-4-6-14-7-8-15(14)10-13/h14-15H,2-8,10-11,16H2,1H3. The lowest BCUT2D eigenvalue weighted by molar-refractivity contribution is 0.152. The lowest BCUT2D eigenvalue weighted by Crippen LogP contribution is -2.27. The van der Waals surface area contributed by atoms with Crippen LogP contribution in [0.25, 0.3) is 0 Å². The fraction of sp³-hybridized carbons (Fsp3) is 0.800. The van der Waals surface area contributed by atoms with Gasteiger partial charge in [0.05, 0.1) is 0 Å². The molecule has 2 rings (SSSR count). The van der Waals surface area contributed by atoms with Gasteiger partial charge in [-0.25, -0.2) is 0 Å². The van der Waals surface area contributed by atoms with Crippen molar-refractivity contribution in [2.24, 2.45) is 17.6 Å². The molecule has 2 fully saturated rings. The van der Waals surface area contributed by atoms with Crippen molar-refractivity contribution in [1.29, 1.82) is 0 Å². The van der Waals surface area contributed by atoms with E-state index in [1.165, 1.54) is 50.5 Å². The van der Waals surface area contributed by atoms with Gasteiger partial charge < -0.3 is 5.73 Å². The van der Waals surface area contributed by atoms with Gasteiger partial charge in [-0.2, -0.15) is 0 Å². The van der Waals surface area contributed by atoms with Crippen LogP contribution < -0.4 is 5.73 Å². The van der Waals surface area contributed by atoms with Crippen molar-refractivity contribution >= 4 is 0 Å². The van der Waals surface area contributed by atoms with Gasteiger partial charge in [-0.1, -0.05) is 19.8 Å². The maximum atomic E-state index is 5.73. The first-order chi connectivity index (χ1) is 7.83. The summed E-state index contributed by atoms with van der Waals surface area (Å²) in [6.07, 6.45) is 10.9. The van der Waals surface area contributed by atoms with Gasteiger partial charge >= 0.3 is 0 Å². The van der Waals surface area contributed by atoms with E-state index in [1.807, 2.05) is 0 Å². The van der Waals surface area contributed by atoms with E-state index in [0.717, 1.165) is 18.3 Å². The normalized spacial score (nSPS) is 29.5. The van der Waals surface area contributed by atoms with Crippen molar-refractivity contribution in [2.45, 2.75) is 58.3 Å². The van der Waals surface area contributed by atoms with E-state index < -0.39 is 0 Å². The van der Waals surface area contributed by atoms with Crippen LogP contribution in [0.3, 0.4) is 0 Å². The highest BCUT2D eigenvalue weighted by molar-refractivity contribution is 5.12. The van der Waals surface area contributed by atoms with Gasteiger partial charge in [0.15, 0.2) is 0 Å². The zero-order valence-corrected chi connectivity index (χ0v) is 10.6. The van der Waals surface area contributed by atoms with E-state index in [0.29, 0.717) is 6.54 Å². The maximum absolute atomic E-state index is 5.73. The smallest absolute Gasteiger partial charge is 0.0213 e. The van der Waals surface area contributed by atoms with Crippen LogP contribution in [0.4, 0.5) is 0 Å². The lowest BCUT2D eigenvalue weighted by atomic mass is 9.67. The summed E-state index contributed by atoms with van der Waals surface area (Å²) in [6, 6.07) is 0. The summed E-state index contributed by atoms with van der Waals surface area (Å²) in [7, 11) is 0. The molecule has 1 heteroatoms. The topological polar surface area (TPSA) is 26.0 Å². The van der Waals surface area contributed by atoms with Crippen molar-refractivity contribution in [2.75, 3.05) is 6.54 Å². The molecule has 2 unspecified atom stereocenters. The molecule has 90 valence electrons. The molecule has 0 aromatic heterocycles. The quantitative estimate of drug-likeness (QED) is 0.702. The fourth-order valence-corrected chi connectivity index (χ4v) is 3.10. The summed E-state index contributed by atoms with van der Waals surface area (Å²) in [4.78, 5) is 0. The highest BCUT2D eigenvalue weighted by Gasteiger charge is 2.31. The number of rotatable bonds is 2. The van der Waals surface area contributed by atoms with Crippen LogP contribution in [0.5, 0.6) is 0 Å². The molecule has 2 saturated carbocycles. The average molecular weight is 219 g/mol. The molecule has 2 aliphatic rings. The largest absolute Gasteiger partial charge is 0.326 e. The molecule has 0 heterocycles. The molecule has 0 radical (unpaired) electrons. The molecule has 16 heavy (non-hydrogen) atoms. The number of fused-ring (bicyclic) bond motifs is 1. The third-order valence-corrected chi connectivity index (χ3v) is 4.41. The number of hydrogen-bond acceptors (Lipinski definition) is 1. The monoisotopic (exact) mass is 219 g/mol. The first-order valence-corrected chi connectivity index (χ1v) is 7.00. The Labute approximate surface area is 99.8 Å². The van der Waals surface area contributed by atoms with Crippen LogP contribution in [0.2, 0.25) is 0 Å². The van der Waals surface area contributed by atoms with Crippen LogP contribution in [-0.4, -0.2) is 6.54 Å². The summed E-state index contributed by atoms with van der Waals surface area (Å²) in [5, 5.41) is 0. The summed E-state index contributed by atoms with van der Waals surface area (Å²) in [6.45, 7) is 2.87. The molecule has 2 N–H and O–H groups in total. The Morgan fingerprint density at radius 1 is 1.25 bits per heavy atom. The highest BCUT2D eigenvalue weighted by Crippen LogP contribution is 2.43. The Kier molecular flexibility index (Phi) is 4.26. The minimum Gasteiger partial charge on any atom is -0.326 e. The molecule has 0 aliphatic heterocycles. The first-order valence-electron chi connectivity index (χ1n) is 7.00. The summed E-state index contributed by atoms with van der Waals surface area (Å²) >= 11 is 0. The third kappa shape index (κ3) is 2.78. The Balaban J connectivity index is 2.09. The zero-order valence-electron chi connectivity index (χ0n) is 10.6. The minimum absolute atomic E-state index is 0.689. The summed E-state index contributed by atoms with van der Waals surface area (Å²) in [5.74, 6) is 2.03. The van der Waals surface area contributed by atoms with Gasteiger partial charge in [0.25, 0.3) is 0 Å². The van der Waals surface area contributed by atoms with Crippen LogP contribution in [0.1, 0.15) is 58.3 Å². The van der Waals surface area contributed by atoms with E-state index in [2.05, 4.69) is 12.7 Å². The van der Waals surface area contributed by atoms with Gasteiger partial charge in [-0.05, 0) is 61.5 Å².